The van der Waals surface area contributed by atoms with E-state index in [-0.39, 0.29) is 5.96 Å². The van der Waals surface area contributed by atoms with E-state index in [4.69, 9.17) is 16.9 Å². The third-order valence-corrected chi connectivity index (χ3v) is 4.23. The van der Waals surface area contributed by atoms with Gasteiger partial charge in [0.25, 0.3) is 0 Å². The maximum Gasteiger partial charge on any atom is 0.194 e. The van der Waals surface area contributed by atoms with Crippen LogP contribution >= 0.6 is 11.3 Å². The van der Waals surface area contributed by atoms with Crippen molar-refractivity contribution in [3.8, 4) is 0 Å². The number of nitrogens with zero attached hydrogens (tertiary/aromatic N) is 2. The summed E-state index contributed by atoms with van der Waals surface area (Å²) in [6.07, 6.45) is 4.50. The van der Waals surface area contributed by atoms with Crippen LogP contribution in [0.4, 0.5) is 5.13 Å². The highest BCUT2D eigenvalue weighted by atomic mass is 32.1. The Balaban J connectivity index is 2.09. The summed E-state index contributed by atoms with van der Waals surface area (Å²) < 4.78 is 0. The molecule has 0 radical (unpaired) electrons. The Morgan fingerprint density at radius 2 is 2.35 bits per heavy atom. The number of thiazole rings is 1. The van der Waals surface area contributed by atoms with Crippen molar-refractivity contribution >= 4 is 22.4 Å². The second-order valence-electron chi connectivity index (χ2n) is 4.62. The lowest BCUT2D eigenvalue weighted by Gasteiger charge is -2.25. The predicted octanol–water partition coefficient (Wildman–Crippen LogP) is 1.46. The van der Waals surface area contributed by atoms with Crippen molar-refractivity contribution < 1.29 is 0 Å². The molecule has 1 fully saturated rings. The second kappa shape index (κ2) is 5.01. The molecule has 1 heterocycles. The molecule has 6 heteroatoms. The summed E-state index contributed by atoms with van der Waals surface area (Å²) in [5.41, 5.74) is 12.5. The van der Waals surface area contributed by atoms with E-state index in [2.05, 4.69) is 10.4 Å². The Hall–Kier alpha value is -1.14. The molecule has 17 heavy (non-hydrogen) atoms. The summed E-state index contributed by atoms with van der Waals surface area (Å²) in [7, 11) is 1.76. The smallest absolute Gasteiger partial charge is 0.194 e. The Morgan fingerprint density at radius 1 is 1.59 bits per heavy atom. The van der Waals surface area contributed by atoms with Gasteiger partial charge in [-0.3, -0.25) is 10.3 Å². The van der Waals surface area contributed by atoms with Crippen LogP contribution in [0.3, 0.4) is 0 Å². The molecule has 1 aromatic rings. The van der Waals surface area contributed by atoms with Gasteiger partial charge in [0.2, 0.25) is 0 Å². The molecule has 1 saturated carbocycles. The lowest BCUT2D eigenvalue weighted by Crippen LogP contribution is -2.32. The largest absolute Gasteiger partial charge is 0.370 e. The minimum Gasteiger partial charge on any atom is -0.370 e. The fourth-order valence-electron chi connectivity index (χ4n) is 2.22. The van der Waals surface area contributed by atoms with Gasteiger partial charge < -0.3 is 11.5 Å². The molecular weight excluding hydrogens is 234 g/mol. The maximum atomic E-state index is 7.37. The average molecular weight is 253 g/mol. The summed E-state index contributed by atoms with van der Waals surface area (Å²) in [6, 6.07) is 0.310. The molecule has 94 valence electrons. The van der Waals surface area contributed by atoms with Gasteiger partial charge in [-0.1, -0.05) is 6.42 Å². The minimum absolute atomic E-state index is 0.0197. The molecule has 1 aliphatic carbocycles. The molecule has 2 rings (SSSR count). The second-order valence-corrected chi connectivity index (χ2v) is 5.46. The molecule has 5 N–H and O–H groups in total. The highest BCUT2D eigenvalue weighted by Crippen LogP contribution is 2.34. The van der Waals surface area contributed by atoms with E-state index in [1.807, 2.05) is 0 Å². The SMILES string of the molecule is CN(C(=N)N)c1nc(C2CCCC(N)C2)cs1. The third-order valence-electron chi connectivity index (χ3n) is 3.29. The lowest BCUT2D eigenvalue weighted by molar-refractivity contribution is 0.389. The Labute approximate surface area is 105 Å². The van der Waals surface area contributed by atoms with Gasteiger partial charge in [0, 0.05) is 24.4 Å². The van der Waals surface area contributed by atoms with Crippen molar-refractivity contribution in [3.63, 3.8) is 0 Å². The lowest BCUT2D eigenvalue weighted by atomic mass is 9.84. The van der Waals surface area contributed by atoms with Gasteiger partial charge >= 0.3 is 0 Å². The van der Waals surface area contributed by atoms with Crippen molar-refractivity contribution in [3.05, 3.63) is 11.1 Å². The highest BCUT2D eigenvalue weighted by molar-refractivity contribution is 7.14. The van der Waals surface area contributed by atoms with Crippen LogP contribution in [-0.4, -0.2) is 24.0 Å². The highest BCUT2D eigenvalue weighted by Gasteiger charge is 2.23. The number of anilines is 1. The summed E-state index contributed by atoms with van der Waals surface area (Å²) in [5.74, 6) is 0.496. The Kier molecular flexibility index (Phi) is 3.63. The van der Waals surface area contributed by atoms with Gasteiger partial charge in [-0.2, -0.15) is 0 Å². The normalized spacial score (nSPS) is 24.6. The number of aromatic nitrogens is 1. The molecule has 2 unspecified atom stereocenters. The molecule has 0 amide bonds. The summed E-state index contributed by atoms with van der Waals surface area (Å²) in [5, 5.41) is 10.2. The zero-order chi connectivity index (χ0) is 12.4. The van der Waals surface area contributed by atoms with Crippen molar-refractivity contribution in [1.29, 1.82) is 5.41 Å². The molecule has 1 aliphatic rings. The first-order chi connectivity index (χ1) is 8.08. The number of nitrogens with one attached hydrogen (secondary N) is 1. The fraction of sp³-hybridized carbons (Fsp3) is 0.636. The molecule has 5 nitrogen and oxygen atoms in total. The molecule has 1 aromatic heterocycles. The van der Waals surface area contributed by atoms with Gasteiger partial charge in [0.05, 0.1) is 5.69 Å². The van der Waals surface area contributed by atoms with Gasteiger partial charge in [-0.05, 0) is 19.3 Å². The average Bonchev–Trinajstić information content (AvgIpc) is 2.77. The van der Waals surface area contributed by atoms with Crippen LogP contribution in [0.1, 0.15) is 37.3 Å². The summed E-state index contributed by atoms with van der Waals surface area (Å²) >= 11 is 1.53. The first-order valence-electron chi connectivity index (χ1n) is 5.86. The molecule has 0 bridgehead atoms. The molecule has 2 atom stereocenters. The van der Waals surface area contributed by atoms with Gasteiger partial charge in [0.1, 0.15) is 0 Å². The van der Waals surface area contributed by atoms with Crippen LogP contribution in [0.2, 0.25) is 0 Å². The molecule has 0 aliphatic heterocycles. The van der Waals surface area contributed by atoms with Crippen molar-refractivity contribution in [1.82, 2.24) is 4.98 Å². The Morgan fingerprint density at radius 3 is 3.00 bits per heavy atom. The van der Waals surface area contributed by atoms with Gasteiger partial charge in [0.15, 0.2) is 11.1 Å². The first kappa shape index (κ1) is 12.3. The van der Waals surface area contributed by atoms with E-state index in [1.54, 1.807) is 11.9 Å². The van der Waals surface area contributed by atoms with Crippen LogP contribution in [0.5, 0.6) is 0 Å². The van der Waals surface area contributed by atoms with Crippen molar-refractivity contribution in [2.45, 2.75) is 37.6 Å². The summed E-state index contributed by atoms with van der Waals surface area (Å²) in [4.78, 5) is 6.15. The first-order valence-corrected chi connectivity index (χ1v) is 6.74. The molecule has 0 spiro atoms. The zero-order valence-electron chi connectivity index (χ0n) is 10.0. The standard InChI is InChI=1S/C11H19N5S/c1-16(10(13)14)11-15-9(6-17-11)7-3-2-4-8(12)5-7/h6-8H,2-5,12H2,1H3,(H3,13,14). The van der Waals surface area contributed by atoms with Crippen LogP contribution in [0.15, 0.2) is 5.38 Å². The molecule has 0 aromatic carbocycles. The molecular formula is C11H19N5S. The van der Waals surface area contributed by atoms with Crippen LogP contribution in [0, 0.1) is 5.41 Å². The zero-order valence-corrected chi connectivity index (χ0v) is 10.8. The number of hydrogen-bond donors (Lipinski definition) is 3. The van der Waals surface area contributed by atoms with Crippen LogP contribution in [0.25, 0.3) is 0 Å². The number of rotatable bonds is 2. The Bertz CT molecular complexity index is 402. The van der Waals surface area contributed by atoms with Crippen molar-refractivity contribution in [2.24, 2.45) is 11.5 Å². The number of guanidine groups is 1. The van der Waals surface area contributed by atoms with E-state index in [1.165, 1.54) is 24.2 Å². The molecule has 0 saturated heterocycles. The minimum atomic E-state index is 0.0197. The van der Waals surface area contributed by atoms with E-state index >= 15 is 0 Å². The number of nitrogens with two attached hydrogens (primary N) is 2. The van der Waals surface area contributed by atoms with Crippen LogP contribution in [-0.2, 0) is 0 Å². The van der Waals surface area contributed by atoms with E-state index in [0.29, 0.717) is 12.0 Å². The topological polar surface area (TPSA) is 92.0 Å². The van der Waals surface area contributed by atoms with E-state index in [9.17, 15) is 0 Å². The van der Waals surface area contributed by atoms with Crippen LogP contribution < -0.4 is 16.4 Å². The predicted molar refractivity (Wildman–Crippen MR) is 71.6 cm³/mol. The maximum absolute atomic E-state index is 7.37. The third kappa shape index (κ3) is 2.76. The summed E-state index contributed by atoms with van der Waals surface area (Å²) in [6.45, 7) is 0. The van der Waals surface area contributed by atoms with Gasteiger partial charge in [-0.25, -0.2) is 4.98 Å². The van der Waals surface area contributed by atoms with Crippen molar-refractivity contribution in [2.75, 3.05) is 11.9 Å². The van der Waals surface area contributed by atoms with Gasteiger partial charge in [-0.15, -0.1) is 11.3 Å². The monoisotopic (exact) mass is 253 g/mol. The van der Waals surface area contributed by atoms with E-state index in [0.717, 1.165) is 23.7 Å². The number of hydrogen-bond acceptors (Lipinski definition) is 4. The quantitative estimate of drug-likeness (QED) is 0.549. The van der Waals surface area contributed by atoms with E-state index < -0.39 is 0 Å². The fourth-order valence-corrected chi connectivity index (χ4v) is 3.10.